The molecule has 0 aliphatic heterocycles. The summed E-state index contributed by atoms with van der Waals surface area (Å²) in [5, 5.41) is 2.89. The third kappa shape index (κ3) is 3.15. The van der Waals surface area contributed by atoms with E-state index >= 15 is 0 Å². The van der Waals surface area contributed by atoms with Crippen molar-refractivity contribution in [1.82, 2.24) is 0 Å². The summed E-state index contributed by atoms with van der Waals surface area (Å²) in [6.07, 6.45) is 0. The number of carbonyl (C=O) groups is 1. The normalized spacial score (nSPS) is 10.1. The molecule has 0 fully saturated rings. The Balaban J connectivity index is 2.28. The first-order valence-electron chi connectivity index (χ1n) is 5.82. The van der Waals surface area contributed by atoms with Crippen LogP contribution in [0.25, 0.3) is 0 Å². The van der Waals surface area contributed by atoms with Crippen molar-refractivity contribution in [3.8, 4) is 5.75 Å². The van der Waals surface area contributed by atoms with E-state index < -0.39 is 0 Å². The number of benzene rings is 2. The Hall–Kier alpha value is -1.81. The van der Waals surface area contributed by atoms with E-state index in [9.17, 15) is 4.79 Å². The van der Waals surface area contributed by atoms with Crippen LogP contribution in [-0.4, -0.2) is 13.0 Å². The summed E-state index contributed by atoms with van der Waals surface area (Å²) in [6, 6.07) is 13.0. The van der Waals surface area contributed by atoms with Crippen LogP contribution in [0.5, 0.6) is 5.75 Å². The molecule has 98 valence electrons. The van der Waals surface area contributed by atoms with Gasteiger partial charge in [-0.05, 0) is 36.8 Å². The van der Waals surface area contributed by atoms with E-state index in [1.54, 1.807) is 19.2 Å². The van der Waals surface area contributed by atoms with E-state index in [4.69, 9.17) is 4.74 Å². The molecule has 0 unspecified atom stereocenters. The van der Waals surface area contributed by atoms with Crippen molar-refractivity contribution in [3.63, 3.8) is 0 Å². The number of aryl methyl sites for hydroxylation is 1. The Morgan fingerprint density at radius 1 is 1.21 bits per heavy atom. The molecule has 0 spiro atoms. The highest BCUT2D eigenvalue weighted by molar-refractivity contribution is 9.10. The van der Waals surface area contributed by atoms with Gasteiger partial charge in [-0.1, -0.05) is 34.1 Å². The van der Waals surface area contributed by atoms with Crippen molar-refractivity contribution in [3.05, 3.63) is 58.1 Å². The lowest BCUT2D eigenvalue weighted by Gasteiger charge is -2.11. The summed E-state index contributed by atoms with van der Waals surface area (Å²) in [7, 11) is 1.55. The largest absolute Gasteiger partial charge is 0.496 e. The second-order valence-corrected chi connectivity index (χ2v) is 5.03. The first-order valence-corrected chi connectivity index (χ1v) is 6.61. The number of hydrogen-bond acceptors (Lipinski definition) is 2. The average Bonchev–Trinajstić information content (AvgIpc) is 2.41. The fraction of sp³-hybridized carbons (Fsp3) is 0.133. The molecule has 19 heavy (non-hydrogen) atoms. The number of halogens is 1. The molecule has 2 rings (SSSR count). The van der Waals surface area contributed by atoms with Gasteiger partial charge in [-0.2, -0.15) is 0 Å². The predicted molar refractivity (Wildman–Crippen MR) is 79.8 cm³/mol. The van der Waals surface area contributed by atoms with Crippen molar-refractivity contribution in [1.29, 1.82) is 0 Å². The molecule has 0 radical (unpaired) electrons. The lowest BCUT2D eigenvalue weighted by molar-refractivity contribution is 0.102. The van der Waals surface area contributed by atoms with Crippen molar-refractivity contribution in [2.24, 2.45) is 0 Å². The monoisotopic (exact) mass is 319 g/mol. The topological polar surface area (TPSA) is 38.3 Å². The van der Waals surface area contributed by atoms with Gasteiger partial charge < -0.3 is 10.1 Å². The van der Waals surface area contributed by atoms with Crippen molar-refractivity contribution < 1.29 is 9.53 Å². The molecule has 1 amide bonds. The highest BCUT2D eigenvalue weighted by atomic mass is 79.9. The van der Waals surface area contributed by atoms with Gasteiger partial charge in [0, 0.05) is 10.2 Å². The number of anilines is 1. The summed E-state index contributed by atoms with van der Waals surface area (Å²) < 4.78 is 6.10. The maximum atomic E-state index is 12.3. The van der Waals surface area contributed by atoms with Crippen LogP contribution >= 0.6 is 15.9 Å². The van der Waals surface area contributed by atoms with E-state index in [-0.39, 0.29) is 5.91 Å². The molecule has 2 aromatic rings. The Kier molecular flexibility index (Phi) is 4.22. The summed E-state index contributed by atoms with van der Waals surface area (Å²) in [6.45, 7) is 1.95. The molecule has 0 bridgehead atoms. The van der Waals surface area contributed by atoms with Gasteiger partial charge in [0.25, 0.3) is 5.91 Å². The van der Waals surface area contributed by atoms with Gasteiger partial charge in [0.05, 0.1) is 12.7 Å². The number of rotatable bonds is 3. The highest BCUT2D eigenvalue weighted by Crippen LogP contribution is 2.25. The van der Waals surface area contributed by atoms with Crippen LogP contribution in [0.1, 0.15) is 15.9 Å². The zero-order chi connectivity index (χ0) is 13.8. The fourth-order valence-corrected chi connectivity index (χ4v) is 2.10. The Bertz CT molecular complexity index is 611. The molecule has 0 saturated carbocycles. The predicted octanol–water partition coefficient (Wildman–Crippen LogP) is 4.02. The maximum absolute atomic E-state index is 12.3. The van der Waals surface area contributed by atoms with Gasteiger partial charge in [0.1, 0.15) is 5.75 Å². The first kappa shape index (κ1) is 13.6. The molecular formula is C15H14BrNO2. The minimum Gasteiger partial charge on any atom is -0.496 e. The number of hydrogen-bond donors (Lipinski definition) is 1. The number of ether oxygens (including phenoxy) is 1. The molecule has 2 aromatic carbocycles. The lowest BCUT2D eigenvalue weighted by atomic mass is 10.1. The number of methoxy groups -OCH3 is 1. The van der Waals surface area contributed by atoms with E-state index in [1.807, 2.05) is 37.3 Å². The molecule has 0 heterocycles. The zero-order valence-electron chi connectivity index (χ0n) is 10.7. The zero-order valence-corrected chi connectivity index (χ0v) is 12.3. The third-order valence-corrected chi connectivity index (χ3v) is 3.29. The number of para-hydroxylation sites is 1. The number of carbonyl (C=O) groups excluding carboxylic acids is 1. The van der Waals surface area contributed by atoms with Crippen molar-refractivity contribution in [2.45, 2.75) is 6.92 Å². The SMILES string of the molecule is COc1cc(Br)ccc1C(=O)Nc1ccccc1C. The van der Waals surface area contributed by atoms with Gasteiger partial charge in [0.15, 0.2) is 0 Å². The molecule has 0 aliphatic carbocycles. The second kappa shape index (κ2) is 5.89. The summed E-state index contributed by atoms with van der Waals surface area (Å²) >= 11 is 3.35. The average molecular weight is 320 g/mol. The van der Waals surface area contributed by atoms with Gasteiger partial charge in [-0.25, -0.2) is 0 Å². The molecule has 0 aliphatic rings. The minimum atomic E-state index is -0.182. The van der Waals surface area contributed by atoms with Crippen LogP contribution in [-0.2, 0) is 0 Å². The van der Waals surface area contributed by atoms with Crippen LogP contribution in [0.2, 0.25) is 0 Å². The molecule has 0 aromatic heterocycles. The van der Waals surface area contributed by atoms with E-state index in [0.29, 0.717) is 11.3 Å². The number of amides is 1. The van der Waals surface area contributed by atoms with Gasteiger partial charge in [0.2, 0.25) is 0 Å². The van der Waals surface area contributed by atoms with Crippen molar-refractivity contribution in [2.75, 3.05) is 12.4 Å². The van der Waals surface area contributed by atoms with Gasteiger partial charge >= 0.3 is 0 Å². The molecule has 4 heteroatoms. The van der Waals surface area contributed by atoms with Crippen LogP contribution in [0.4, 0.5) is 5.69 Å². The number of nitrogens with one attached hydrogen (secondary N) is 1. The summed E-state index contributed by atoms with van der Waals surface area (Å²) in [5.41, 5.74) is 2.33. The Labute approximate surface area is 120 Å². The van der Waals surface area contributed by atoms with E-state index in [2.05, 4.69) is 21.2 Å². The Morgan fingerprint density at radius 3 is 2.63 bits per heavy atom. The fourth-order valence-electron chi connectivity index (χ4n) is 1.76. The smallest absolute Gasteiger partial charge is 0.259 e. The van der Waals surface area contributed by atoms with Crippen LogP contribution in [0.15, 0.2) is 46.9 Å². The maximum Gasteiger partial charge on any atom is 0.259 e. The van der Waals surface area contributed by atoms with Crippen LogP contribution in [0, 0.1) is 6.92 Å². The molecular weight excluding hydrogens is 306 g/mol. The van der Waals surface area contributed by atoms with Crippen LogP contribution < -0.4 is 10.1 Å². The Morgan fingerprint density at radius 2 is 1.95 bits per heavy atom. The quantitative estimate of drug-likeness (QED) is 0.928. The van der Waals surface area contributed by atoms with Gasteiger partial charge in [-0.3, -0.25) is 4.79 Å². The highest BCUT2D eigenvalue weighted by Gasteiger charge is 2.13. The van der Waals surface area contributed by atoms with E-state index in [1.165, 1.54) is 0 Å². The standard InChI is InChI=1S/C15H14BrNO2/c1-10-5-3-4-6-13(10)17-15(18)12-8-7-11(16)9-14(12)19-2/h3-9H,1-2H3,(H,17,18). The van der Waals surface area contributed by atoms with Crippen molar-refractivity contribution >= 4 is 27.5 Å². The summed E-state index contributed by atoms with van der Waals surface area (Å²) in [4.78, 5) is 12.3. The molecule has 1 N–H and O–H groups in total. The lowest BCUT2D eigenvalue weighted by Crippen LogP contribution is -2.13. The third-order valence-electron chi connectivity index (χ3n) is 2.80. The summed E-state index contributed by atoms with van der Waals surface area (Å²) in [5.74, 6) is 0.360. The second-order valence-electron chi connectivity index (χ2n) is 4.11. The van der Waals surface area contributed by atoms with Crippen LogP contribution in [0.3, 0.4) is 0 Å². The van der Waals surface area contributed by atoms with Gasteiger partial charge in [-0.15, -0.1) is 0 Å². The minimum absolute atomic E-state index is 0.182. The molecule has 0 saturated heterocycles. The molecule has 3 nitrogen and oxygen atoms in total. The first-order chi connectivity index (χ1) is 9.11. The molecule has 0 atom stereocenters. The van der Waals surface area contributed by atoms with E-state index in [0.717, 1.165) is 15.7 Å².